The average molecular weight is 331 g/mol. The smallest absolute Gasteiger partial charge is 0.220 e. The Kier molecular flexibility index (Phi) is 8.97. The summed E-state index contributed by atoms with van der Waals surface area (Å²) in [6, 6.07) is 4.33. The molecule has 0 saturated carbocycles. The molecule has 1 amide bonds. The fourth-order valence-electron chi connectivity index (χ4n) is 2.72. The van der Waals surface area contributed by atoms with Crippen LogP contribution in [0, 0.1) is 12.8 Å². The van der Waals surface area contributed by atoms with Crippen molar-refractivity contribution in [3.63, 3.8) is 0 Å². The van der Waals surface area contributed by atoms with Crippen molar-refractivity contribution in [3.8, 4) is 0 Å². The number of thiophene rings is 1. The van der Waals surface area contributed by atoms with Gasteiger partial charge in [-0.2, -0.15) is 0 Å². The van der Waals surface area contributed by atoms with Crippen molar-refractivity contribution in [2.24, 2.45) is 5.92 Å². The molecule has 21 heavy (non-hydrogen) atoms. The highest BCUT2D eigenvalue weighted by Gasteiger charge is 2.12. The van der Waals surface area contributed by atoms with E-state index >= 15 is 0 Å². The highest BCUT2D eigenvalue weighted by atomic mass is 35.5. The maximum Gasteiger partial charge on any atom is 0.220 e. The minimum Gasteiger partial charge on any atom is -0.356 e. The number of piperidine rings is 1. The molecule has 2 heterocycles. The number of amides is 1. The minimum atomic E-state index is 0. The van der Waals surface area contributed by atoms with Crippen molar-refractivity contribution in [3.05, 3.63) is 21.9 Å². The van der Waals surface area contributed by atoms with Gasteiger partial charge in [0.15, 0.2) is 0 Å². The van der Waals surface area contributed by atoms with Crippen LogP contribution >= 0.6 is 23.7 Å². The number of rotatable bonds is 7. The summed E-state index contributed by atoms with van der Waals surface area (Å²) in [6.07, 6.45) is 6.33. The van der Waals surface area contributed by atoms with Gasteiger partial charge in [0.05, 0.1) is 0 Å². The van der Waals surface area contributed by atoms with Crippen molar-refractivity contribution in [1.82, 2.24) is 10.6 Å². The van der Waals surface area contributed by atoms with Gasteiger partial charge in [-0.15, -0.1) is 23.7 Å². The van der Waals surface area contributed by atoms with Crippen molar-refractivity contribution in [1.29, 1.82) is 0 Å². The molecular formula is C16H27ClN2OS. The second-order valence-corrected chi connectivity index (χ2v) is 7.09. The SMILES string of the molecule is Cc1ccc(CCCC(=O)NCCC2CCCNC2)s1.Cl. The summed E-state index contributed by atoms with van der Waals surface area (Å²) in [5.74, 6) is 0.959. The summed E-state index contributed by atoms with van der Waals surface area (Å²) < 4.78 is 0. The molecule has 0 spiro atoms. The lowest BCUT2D eigenvalue weighted by atomic mass is 9.96. The molecule has 1 saturated heterocycles. The zero-order chi connectivity index (χ0) is 14.2. The first-order valence-electron chi connectivity index (χ1n) is 7.77. The number of nitrogens with one attached hydrogen (secondary N) is 2. The summed E-state index contributed by atoms with van der Waals surface area (Å²) in [4.78, 5) is 14.5. The predicted molar refractivity (Wildman–Crippen MR) is 92.5 cm³/mol. The first kappa shape index (κ1) is 18.5. The minimum absolute atomic E-state index is 0. The molecule has 2 N–H and O–H groups in total. The van der Waals surface area contributed by atoms with Crippen LogP contribution in [0.5, 0.6) is 0 Å². The standard InChI is InChI=1S/C16H26N2OS.ClH/c1-13-7-8-15(20-13)5-2-6-16(19)18-11-9-14-4-3-10-17-12-14;/h7-8,14,17H,2-6,9-12H2,1H3,(H,18,19);1H. The van der Waals surface area contributed by atoms with Crippen LogP contribution in [0.25, 0.3) is 0 Å². The van der Waals surface area contributed by atoms with E-state index in [1.54, 1.807) is 0 Å². The van der Waals surface area contributed by atoms with Crippen molar-refractivity contribution in [2.45, 2.75) is 45.4 Å². The third kappa shape index (κ3) is 7.30. The van der Waals surface area contributed by atoms with E-state index in [4.69, 9.17) is 0 Å². The molecule has 1 aromatic heterocycles. The van der Waals surface area contributed by atoms with E-state index in [2.05, 4.69) is 29.7 Å². The zero-order valence-corrected chi connectivity index (χ0v) is 14.5. The fourth-order valence-corrected chi connectivity index (χ4v) is 3.65. The quantitative estimate of drug-likeness (QED) is 0.805. The Bertz CT molecular complexity index is 416. The third-order valence-corrected chi connectivity index (χ3v) is 4.96. The Balaban J connectivity index is 0.00000220. The maximum atomic E-state index is 11.8. The second-order valence-electron chi connectivity index (χ2n) is 5.72. The molecule has 2 rings (SSSR count). The van der Waals surface area contributed by atoms with E-state index in [0.717, 1.165) is 44.8 Å². The van der Waals surface area contributed by atoms with Gasteiger partial charge in [0, 0.05) is 22.7 Å². The van der Waals surface area contributed by atoms with Crippen LogP contribution in [-0.4, -0.2) is 25.5 Å². The molecule has 3 nitrogen and oxygen atoms in total. The van der Waals surface area contributed by atoms with Gasteiger partial charge in [-0.3, -0.25) is 4.79 Å². The molecule has 5 heteroatoms. The van der Waals surface area contributed by atoms with Gasteiger partial charge in [-0.25, -0.2) is 0 Å². The monoisotopic (exact) mass is 330 g/mol. The van der Waals surface area contributed by atoms with Crippen LogP contribution in [0.2, 0.25) is 0 Å². The van der Waals surface area contributed by atoms with Crippen LogP contribution in [0.15, 0.2) is 12.1 Å². The highest BCUT2D eigenvalue weighted by molar-refractivity contribution is 7.11. The molecule has 1 unspecified atom stereocenters. The number of carbonyl (C=O) groups is 1. The van der Waals surface area contributed by atoms with Gasteiger partial charge in [0.25, 0.3) is 0 Å². The molecule has 1 aliphatic rings. The maximum absolute atomic E-state index is 11.8. The van der Waals surface area contributed by atoms with E-state index in [1.807, 2.05) is 11.3 Å². The average Bonchev–Trinajstić information content (AvgIpc) is 2.86. The predicted octanol–water partition coefficient (Wildman–Crippen LogP) is 3.31. The molecule has 1 fully saturated rings. The molecule has 0 bridgehead atoms. The summed E-state index contributed by atoms with van der Waals surface area (Å²) >= 11 is 1.84. The first-order chi connectivity index (χ1) is 9.74. The topological polar surface area (TPSA) is 41.1 Å². The Morgan fingerprint density at radius 2 is 2.33 bits per heavy atom. The summed E-state index contributed by atoms with van der Waals surface area (Å²) in [6.45, 7) is 5.24. The lowest BCUT2D eigenvalue weighted by Gasteiger charge is -2.22. The molecule has 1 atom stereocenters. The zero-order valence-electron chi connectivity index (χ0n) is 12.8. The van der Waals surface area contributed by atoms with E-state index in [0.29, 0.717) is 6.42 Å². The van der Waals surface area contributed by atoms with Crippen LogP contribution in [0.3, 0.4) is 0 Å². The summed E-state index contributed by atoms with van der Waals surface area (Å²) in [7, 11) is 0. The van der Waals surface area contributed by atoms with Crippen molar-refractivity contribution in [2.75, 3.05) is 19.6 Å². The Hall–Kier alpha value is -0.580. The van der Waals surface area contributed by atoms with Crippen LogP contribution < -0.4 is 10.6 Å². The van der Waals surface area contributed by atoms with Gasteiger partial charge in [-0.05, 0) is 70.2 Å². The molecule has 0 aliphatic carbocycles. The fraction of sp³-hybridized carbons (Fsp3) is 0.688. The Morgan fingerprint density at radius 1 is 1.48 bits per heavy atom. The second kappa shape index (κ2) is 10.2. The van der Waals surface area contributed by atoms with Crippen molar-refractivity contribution >= 4 is 29.7 Å². The lowest BCUT2D eigenvalue weighted by Crippen LogP contribution is -2.33. The normalized spacial score (nSPS) is 18.0. The number of hydrogen-bond donors (Lipinski definition) is 2. The van der Waals surface area contributed by atoms with Crippen LogP contribution in [-0.2, 0) is 11.2 Å². The third-order valence-electron chi connectivity index (χ3n) is 3.90. The van der Waals surface area contributed by atoms with Gasteiger partial charge >= 0.3 is 0 Å². The van der Waals surface area contributed by atoms with Gasteiger partial charge < -0.3 is 10.6 Å². The van der Waals surface area contributed by atoms with E-state index in [9.17, 15) is 4.79 Å². The number of aryl methyl sites for hydroxylation is 2. The van der Waals surface area contributed by atoms with Gasteiger partial charge in [0.1, 0.15) is 0 Å². The largest absolute Gasteiger partial charge is 0.356 e. The molecule has 1 aliphatic heterocycles. The van der Waals surface area contributed by atoms with Crippen molar-refractivity contribution < 1.29 is 4.79 Å². The molecular weight excluding hydrogens is 304 g/mol. The number of halogens is 1. The Morgan fingerprint density at radius 3 is 3.00 bits per heavy atom. The van der Waals surface area contributed by atoms with Crippen LogP contribution in [0.4, 0.5) is 0 Å². The Labute approximate surface area is 138 Å². The van der Waals surface area contributed by atoms with Gasteiger partial charge in [0.2, 0.25) is 5.91 Å². The first-order valence-corrected chi connectivity index (χ1v) is 8.58. The lowest BCUT2D eigenvalue weighted by molar-refractivity contribution is -0.121. The molecule has 120 valence electrons. The number of carbonyl (C=O) groups excluding carboxylic acids is 1. The van der Waals surface area contributed by atoms with Crippen LogP contribution in [0.1, 0.15) is 41.9 Å². The summed E-state index contributed by atoms with van der Waals surface area (Å²) in [5, 5.41) is 6.47. The summed E-state index contributed by atoms with van der Waals surface area (Å²) in [5.41, 5.74) is 0. The molecule has 0 aromatic carbocycles. The van der Waals surface area contributed by atoms with E-state index in [1.165, 1.54) is 22.6 Å². The highest BCUT2D eigenvalue weighted by Crippen LogP contribution is 2.17. The van der Waals surface area contributed by atoms with E-state index in [-0.39, 0.29) is 18.3 Å². The van der Waals surface area contributed by atoms with E-state index < -0.39 is 0 Å². The molecule has 1 aromatic rings. The van der Waals surface area contributed by atoms with Gasteiger partial charge in [-0.1, -0.05) is 0 Å². The number of hydrogen-bond acceptors (Lipinski definition) is 3. The molecule has 0 radical (unpaired) electrons.